The van der Waals surface area contributed by atoms with E-state index in [1.165, 1.54) is 32.6 Å². The molecule has 0 spiro atoms. The van der Waals surface area contributed by atoms with Gasteiger partial charge in [0, 0.05) is 0 Å². The normalized spacial score (nSPS) is 13.3. The van der Waals surface area contributed by atoms with Crippen LogP contribution in [-0.4, -0.2) is 0 Å². The molecule has 0 unspecified atom stereocenters. The summed E-state index contributed by atoms with van der Waals surface area (Å²) >= 11 is 8.53. The first-order valence-corrected chi connectivity index (χ1v) is 14.2. The summed E-state index contributed by atoms with van der Waals surface area (Å²) in [4.78, 5) is 0. The predicted molar refractivity (Wildman–Crippen MR) is 117 cm³/mol. The molecule has 0 aliphatic heterocycles. The van der Waals surface area contributed by atoms with Crippen molar-refractivity contribution in [3.63, 3.8) is 0 Å². The van der Waals surface area contributed by atoms with Gasteiger partial charge in [0.25, 0.3) is 0 Å². The van der Waals surface area contributed by atoms with E-state index >= 15 is 0 Å². The molecule has 3 aromatic rings. The van der Waals surface area contributed by atoms with Crippen LogP contribution in [0.25, 0.3) is 0 Å². The Kier molecular flexibility index (Phi) is 4.77. The molecule has 0 saturated heterocycles. The van der Waals surface area contributed by atoms with Crippen LogP contribution in [0.2, 0.25) is 0 Å². The van der Waals surface area contributed by atoms with Crippen molar-refractivity contribution >= 4 is 50.9 Å². The van der Waals surface area contributed by atoms with Gasteiger partial charge in [-0.15, -0.1) is 0 Å². The molecule has 3 heteroatoms. The van der Waals surface area contributed by atoms with Gasteiger partial charge in [0.2, 0.25) is 0 Å². The van der Waals surface area contributed by atoms with E-state index < -0.39 is 4.01 Å². The molecule has 0 aliphatic carbocycles. The molecule has 0 bridgehead atoms. The van der Waals surface area contributed by atoms with Crippen LogP contribution in [0.15, 0.2) is 72.8 Å². The molecule has 0 atom stereocenters. The Morgan fingerprint density at radius 1 is 0.542 bits per heavy atom. The van der Waals surface area contributed by atoms with Gasteiger partial charge in [-0.05, 0) is 0 Å². The maximum absolute atomic E-state index is 4.26. The average Bonchev–Trinajstić information content (AvgIpc) is 2.55. The molecule has 0 saturated carbocycles. The Morgan fingerprint density at radius 3 is 1.08 bits per heavy atom. The van der Waals surface area contributed by atoms with E-state index in [-0.39, 0.29) is 0 Å². The van der Waals surface area contributed by atoms with Gasteiger partial charge < -0.3 is 0 Å². The SMILES string of the molecule is Cc1cccc(P(Br)(Br)(c2cccc(C)c2)c2cccc(C)c2)c1. The van der Waals surface area contributed by atoms with Crippen molar-refractivity contribution in [1.29, 1.82) is 0 Å². The number of benzene rings is 3. The van der Waals surface area contributed by atoms with Gasteiger partial charge in [0.05, 0.1) is 0 Å². The zero-order chi connectivity index (χ0) is 17.4. The Morgan fingerprint density at radius 2 is 0.833 bits per heavy atom. The summed E-state index contributed by atoms with van der Waals surface area (Å²) < 4.78 is -2.85. The van der Waals surface area contributed by atoms with Crippen molar-refractivity contribution in [2.75, 3.05) is 0 Å². The fourth-order valence-corrected chi connectivity index (χ4v) is 10.3. The summed E-state index contributed by atoms with van der Waals surface area (Å²) in [5.74, 6) is 0. The molecular weight excluding hydrogens is 443 g/mol. The zero-order valence-electron chi connectivity index (χ0n) is 14.1. The van der Waals surface area contributed by atoms with Crippen molar-refractivity contribution in [1.82, 2.24) is 0 Å². The number of hydrogen-bond acceptors (Lipinski definition) is 0. The minimum atomic E-state index is -2.85. The molecule has 24 heavy (non-hydrogen) atoms. The molecular formula is C21H21Br2P. The molecule has 0 aromatic heterocycles. The first kappa shape index (κ1) is 17.9. The van der Waals surface area contributed by atoms with Gasteiger partial charge >= 0.3 is 161 Å². The Labute approximate surface area is 160 Å². The first-order valence-electron chi connectivity index (χ1n) is 7.97. The third-order valence-electron chi connectivity index (χ3n) is 4.37. The Balaban J connectivity index is 2.41. The van der Waals surface area contributed by atoms with E-state index in [1.54, 1.807) is 0 Å². The standard InChI is InChI=1S/C21H21Br2P/c1-16-7-4-10-19(13-16)24(22,23,20-11-5-8-17(2)14-20)21-12-6-9-18(3)15-21/h4-15H,1-3H3. The van der Waals surface area contributed by atoms with E-state index in [2.05, 4.69) is 125 Å². The third kappa shape index (κ3) is 3.01. The van der Waals surface area contributed by atoms with Crippen LogP contribution < -0.4 is 15.9 Å². The summed E-state index contributed by atoms with van der Waals surface area (Å²) in [6.07, 6.45) is 0. The fourth-order valence-electron chi connectivity index (χ4n) is 3.06. The van der Waals surface area contributed by atoms with E-state index in [4.69, 9.17) is 0 Å². The van der Waals surface area contributed by atoms with Gasteiger partial charge in [-0.25, -0.2) is 0 Å². The molecule has 3 rings (SSSR count). The van der Waals surface area contributed by atoms with Crippen molar-refractivity contribution in [3.05, 3.63) is 89.5 Å². The third-order valence-corrected chi connectivity index (χ3v) is 15.3. The minimum absolute atomic E-state index is 1.26. The van der Waals surface area contributed by atoms with E-state index in [0.29, 0.717) is 0 Å². The summed E-state index contributed by atoms with van der Waals surface area (Å²) in [6.45, 7) is 6.44. The fraction of sp³-hybridized carbons (Fsp3) is 0.143. The second-order valence-corrected chi connectivity index (χ2v) is 21.2. The molecule has 0 N–H and O–H groups in total. The molecule has 0 heterocycles. The molecule has 124 valence electrons. The molecule has 3 aromatic carbocycles. The topological polar surface area (TPSA) is 0 Å². The summed E-state index contributed by atoms with van der Waals surface area (Å²) in [5.41, 5.74) is 3.79. The maximum atomic E-state index is 4.26. The van der Waals surface area contributed by atoms with Crippen LogP contribution in [0.4, 0.5) is 0 Å². The van der Waals surface area contributed by atoms with Crippen molar-refractivity contribution in [2.24, 2.45) is 0 Å². The monoisotopic (exact) mass is 462 g/mol. The van der Waals surface area contributed by atoms with E-state index in [9.17, 15) is 0 Å². The zero-order valence-corrected chi connectivity index (χ0v) is 18.2. The van der Waals surface area contributed by atoms with Crippen LogP contribution in [-0.2, 0) is 0 Å². The molecule has 0 aliphatic rings. The Bertz CT molecular complexity index is 782. The molecule has 0 amide bonds. The van der Waals surface area contributed by atoms with Crippen molar-refractivity contribution in [3.8, 4) is 0 Å². The van der Waals surface area contributed by atoms with Crippen LogP contribution >= 0.6 is 35.0 Å². The summed E-state index contributed by atoms with van der Waals surface area (Å²) in [7, 11) is 0. The second-order valence-electron chi connectivity index (χ2n) is 6.42. The first-order chi connectivity index (χ1) is 11.3. The number of hydrogen-bond donors (Lipinski definition) is 0. The van der Waals surface area contributed by atoms with Crippen LogP contribution in [0, 0.1) is 20.8 Å². The van der Waals surface area contributed by atoms with Crippen molar-refractivity contribution < 1.29 is 0 Å². The van der Waals surface area contributed by atoms with Gasteiger partial charge in [-0.2, -0.15) is 0 Å². The molecule has 0 fully saturated rings. The number of halogens is 2. The summed E-state index contributed by atoms with van der Waals surface area (Å²) in [5, 5.41) is 3.87. The molecule has 0 radical (unpaired) electrons. The molecule has 0 nitrogen and oxygen atoms in total. The predicted octanol–water partition coefficient (Wildman–Crippen LogP) is 6.06. The Hall–Kier alpha value is -0.950. The van der Waals surface area contributed by atoms with Gasteiger partial charge in [-0.3, -0.25) is 0 Å². The van der Waals surface area contributed by atoms with Crippen LogP contribution in [0.5, 0.6) is 0 Å². The van der Waals surface area contributed by atoms with Crippen LogP contribution in [0.3, 0.4) is 0 Å². The average molecular weight is 464 g/mol. The quantitative estimate of drug-likeness (QED) is 0.414. The number of aryl methyl sites for hydroxylation is 3. The van der Waals surface area contributed by atoms with Gasteiger partial charge in [0.1, 0.15) is 0 Å². The second kappa shape index (κ2) is 6.41. The number of rotatable bonds is 3. The van der Waals surface area contributed by atoms with Crippen molar-refractivity contribution in [2.45, 2.75) is 20.8 Å². The summed E-state index contributed by atoms with van der Waals surface area (Å²) in [6, 6.07) is 26.4. The van der Waals surface area contributed by atoms with Gasteiger partial charge in [-0.1, -0.05) is 0 Å². The van der Waals surface area contributed by atoms with Crippen LogP contribution in [0.1, 0.15) is 16.7 Å². The van der Waals surface area contributed by atoms with Gasteiger partial charge in [0.15, 0.2) is 0 Å². The van der Waals surface area contributed by atoms with E-state index in [1.807, 2.05) is 0 Å². The van der Waals surface area contributed by atoms with E-state index in [0.717, 1.165) is 0 Å².